The van der Waals surface area contributed by atoms with Crippen LogP contribution in [-0.4, -0.2) is 13.0 Å². The number of nitrogens with zero attached hydrogens (tertiary/aromatic N) is 1. The Morgan fingerprint density at radius 3 is 2.62 bits per heavy atom. The summed E-state index contributed by atoms with van der Waals surface area (Å²) in [7, 11) is 1.87. The van der Waals surface area contributed by atoms with Gasteiger partial charge in [0.25, 0.3) is 0 Å². The summed E-state index contributed by atoms with van der Waals surface area (Å²) in [5.74, 6) is 2.66. The van der Waals surface area contributed by atoms with Crippen molar-refractivity contribution >= 4 is 23.2 Å². The quantitative estimate of drug-likeness (QED) is 0.745. The van der Waals surface area contributed by atoms with Gasteiger partial charge in [0.1, 0.15) is 0 Å². The van der Waals surface area contributed by atoms with Crippen molar-refractivity contribution in [2.45, 2.75) is 43.9 Å². The Morgan fingerprint density at radius 1 is 1.19 bits per heavy atom. The van der Waals surface area contributed by atoms with Crippen LogP contribution in [0.15, 0.2) is 18.2 Å². The van der Waals surface area contributed by atoms with Gasteiger partial charge in [0.2, 0.25) is 5.91 Å². The maximum atomic E-state index is 11.8. The van der Waals surface area contributed by atoms with Crippen molar-refractivity contribution in [2.24, 2.45) is 17.8 Å². The van der Waals surface area contributed by atoms with Gasteiger partial charge in [0.05, 0.1) is 5.38 Å². The van der Waals surface area contributed by atoms with Crippen LogP contribution < -0.4 is 4.90 Å². The SMILES string of the molecule is CN1C(=O)CCc2cc(C(Cl)C3C4CCCCC43)ccc21. The lowest BCUT2D eigenvalue weighted by Crippen LogP contribution is -2.31. The number of amides is 1. The number of carbonyl (C=O) groups is 1. The second-order valence-electron chi connectivity index (χ2n) is 6.93. The van der Waals surface area contributed by atoms with E-state index in [2.05, 4.69) is 18.2 Å². The summed E-state index contributed by atoms with van der Waals surface area (Å²) in [5, 5.41) is 0.159. The van der Waals surface area contributed by atoms with Crippen molar-refractivity contribution in [3.05, 3.63) is 29.3 Å². The molecule has 0 bridgehead atoms. The first-order valence-electron chi connectivity index (χ1n) is 8.20. The molecule has 2 saturated carbocycles. The Morgan fingerprint density at radius 2 is 1.90 bits per heavy atom. The third-order valence-corrected chi connectivity index (χ3v) is 6.37. The molecule has 2 nitrogen and oxygen atoms in total. The summed E-state index contributed by atoms with van der Waals surface area (Å²) in [6.07, 6.45) is 7.00. The van der Waals surface area contributed by atoms with E-state index >= 15 is 0 Å². The molecule has 21 heavy (non-hydrogen) atoms. The molecule has 0 aromatic heterocycles. The largest absolute Gasteiger partial charge is 0.315 e. The van der Waals surface area contributed by atoms with E-state index in [0.717, 1.165) is 23.9 Å². The second-order valence-corrected chi connectivity index (χ2v) is 7.40. The minimum atomic E-state index is 0.159. The van der Waals surface area contributed by atoms with Gasteiger partial charge in [-0.1, -0.05) is 25.0 Å². The average Bonchev–Trinajstić information content (AvgIpc) is 3.24. The molecule has 0 spiro atoms. The summed E-state index contributed by atoms with van der Waals surface area (Å²) in [6, 6.07) is 6.47. The predicted molar refractivity (Wildman–Crippen MR) is 85.7 cm³/mol. The molecule has 3 heteroatoms. The van der Waals surface area contributed by atoms with E-state index in [1.165, 1.54) is 36.8 Å². The molecule has 0 N–H and O–H groups in total. The van der Waals surface area contributed by atoms with Crippen molar-refractivity contribution in [2.75, 3.05) is 11.9 Å². The summed E-state index contributed by atoms with van der Waals surface area (Å²) >= 11 is 6.81. The molecule has 1 amide bonds. The molecule has 0 saturated heterocycles. The van der Waals surface area contributed by atoms with Crippen LogP contribution in [0.25, 0.3) is 0 Å². The van der Waals surface area contributed by atoms with Crippen LogP contribution in [0.2, 0.25) is 0 Å². The van der Waals surface area contributed by atoms with Gasteiger partial charge in [-0.05, 0) is 54.2 Å². The minimum absolute atomic E-state index is 0.159. The van der Waals surface area contributed by atoms with Crippen molar-refractivity contribution in [1.82, 2.24) is 0 Å². The summed E-state index contributed by atoms with van der Waals surface area (Å²) in [4.78, 5) is 13.5. The minimum Gasteiger partial charge on any atom is -0.315 e. The zero-order valence-corrected chi connectivity index (χ0v) is 13.3. The zero-order valence-electron chi connectivity index (χ0n) is 12.5. The normalized spacial score (nSPS) is 32.4. The van der Waals surface area contributed by atoms with E-state index in [1.54, 1.807) is 4.90 Å². The summed E-state index contributed by atoms with van der Waals surface area (Å²) in [5.41, 5.74) is 3.61. The van der Waals surface area contributed by atoms with E-state index in [0.29, 0.717) is 12.3 Å². The Hall–Kier alpha value is -1.02. The van der Waals surface area contributed by atoms with E-state index in [9.17, 15) is 4.79 Å². The van der Waals surface area contributed by atoms with Gasteiger partial charge in [-0.3, -0.25) is 4.79 Å². The molecule has 0 radical (unpaired) electrons. The molecule has 3 aliphatic rings. The first-order chi connectivity index (χ1) is 10.2. The predicted octanol–water partition coefficient (Wildman–Crippen LogP) is 4.31. The molecule has 1 aromatic rings. The van der Waals surface area contributed by atoms with Crippen molar-refractivity contribution in [3.8, 4) is 0 Å². The maximum Gasteiger partial charge on any atom is 0.227 e. The van der Waals surface area contributed by atoms with Crippen LogP contribution in [0.3, 0.4) is 0 Å². The average molecular weight is 304 g/mol. The fraction of sp³-hybridized carbons (Fsp3) is 0.611. The third-order valence-electron chi connectivity index (χ3n) is 5.83. The number of halogens is 1. The zero-order chi connectivity index (χ0) is 14.6. The Labute approximate surface area is 131 Å². The van der Waals surface area contributed by atoms with E-state index in [1.807, 2.05) is 7.05 Å². The van der Waals surface area contributed by atoms with Gasteiger partial charge in [-0.2, -0.15) is 0 Å². The highest BCUT2D eigenvalue weighted by Crippen LogP contribution is 2.62. The standard InChI is InChI=1S/C18H22ClNO/c1-20-15-8-6-12(10-11(15)7-9-16(20)21)18(19)17-13-4-2-3-5-14(13)17/h6,8,10,13-14,17-18H,2-5,7,9H2,1H3. The number of anilines is 1. The Kier molecular flexibility index (Phi) is 3.25. The molecule has 112 valence electrons. The fourth-order valence-electron chi connectivity index (χ4n) is 4.55. The monoisotopic (exact) mass is 303 g/mol. The Bertz CT molecular complexity index is 573. The van der Waals surface area contributed by atoms with Crippen molar-refractivity contribution in [1.29, 1.82) is 0 Å². The van der Waals surface area contributed by atoms with E-state index in [4.69, 9.17) is 11.6 Å². The van der Waals surface area contributed by atoms with Gasteiger partial charge in [-0.15, -0.1) is 11.6 Å². The number of hydrogen-bond donors (Lipinski definition) is 0. The highest BCUT2D eigenvalue weighted by Gasteiger charge is 2.54. The van der Waals surface area contributed by atoms with Crippen LogP contribution in [0.5, 0.6) is 0 Å². The number of rotatable bonds is 2. The molecule has 2 fully saturated rings. The highest BCUT2D eigenvalue weighted by atomic mass is 35.5. The number of carbonyl (C=O) groups excluding carboxylic acids is 1. The van der Waals surface area contributed by atoms with Crippen LogP contribution in [0.1, 0.15) is 48.6 Å². The van der Waals surface area contributed by atoms with Crippen LogP contribution in [0.4, 0.5) is 5.69 Å². The smallest absolute Gasteiger partial charge is 0.227 e. The van der Waals surface area contributed by atoms with Gasteiger partial charge in [0, 0.05) is 19.2 Å². The number of hydrogen-bond acceptors (Lipinski definition) is 1. The highest BCUT2D eigenvalue weighted by molar-refractivity contribution is 6.21. The Balaban J connectivity index is 1.58. The molecule has 1 aromatic carbocycles. The number of benzene rings is 1. The summed E-state index contributed by atoms with van der Waals surface area (Å²) in [6.45, 7) is 0. The third kappa shape index (κ3) is 2.19. The molecular formula is C18H22ClNO. The van der Waals surface area contributed by atoms with Crippen molar-refractivity contribution in [3.63, 3.8) is 0 Å². The molecule has 2 aliphatic carbocycles. The molecular weight excluding hydrogens is 282 g/mol. The lowest BCUT2D eigenvalue weighted by Gasteiger charge is -2.26. The number of aryl methyl sites for hydroxylation is 1. The van der Waals surface area contributed by atoms with Crippen LogP contribution in [0, 0.1) is 17.8 Å². The topological polar surface area (TPSA) is 20.3 Å². The van der Waals surface area contributed by atoms with Crippen LogP contribution in [-0.2, 0) is 11.2 Å². The van der Waals surface area contributed by atoms with Crippen LogP contribution >= 0.6 is 11.6 Å². The molecule has 3 atom stereocenters. The first-order valence-corrected chi connectivity index (χ1v) is 8.64. The molecule has 3 unspecified atom stereocenters. The summed E-state index contributed by atoms with van der Waals surface area (Å²) < 4.78 is 0. The first kappa shape index (κ1) is 13.6. The maximum absolute atomic E-state index is 11.8. The molecule has 1 heterocycles. The second kappa shape index (κ2) is 5.01. The molecule has 4 rings (SSSR count). The van der Waals surface area contributed by atoms with Gasteiger partial charge in [-0.25, -0.2) is 0 Å². The van der Waals surface area contributed by atoms with Gasteiger partial charge >= 0.3 is 0 Å². The number of fused-ring (bicyclic) bond motifs is 2. The molecule has 1 aliphatic heterocycles. The number of alkyl halides is 1. The van der Waals surface area contributed by atoms with E-state index < -0.39 is 0 Å². The fourth-order valence-corrected chi connectivity index (χ4v) is 5.06. The lowest BCUT2D eigenvalue weighted by atomic mass is 9.96. The van der Waals surface area contributed by atoms with E-state index in [-0.39, 0.29) is 11.3 Å². The van der Waals surface area contributed by atoms with Crippen molar-refractivity contribution < 1.29 is 4.79 Å². The van der Waals surface area contributed by atoms with Gasteiger partial charge in [0.15, 0.2) is 0 Å². The lowest BCUT2D eigenvalue weighted by molar-refractivity contribution is -0.118. The van der Waals surface area contributed by atoms with Gasteiger partial charge < -0.3 is 4.90 Å².